The lowest BCUT2D eigenvalue weighted by Gasteiger charge is -2.47. The van der Waals surface area contributed by atoms with E-state index in [9.17, 15) is 24.3 Å². The summed E-state index contributed by atoms with van der Waals surface area (Å²) in [4.78, 5) is 85.5. The molecule has 3 N–H and O–H groups in total. The quantitative estimate of drug-likeness (QED) is 0.0360. The predicted molar refractivity (Wildman–Crippen MR) is 331 cm³/mol. The molecule has 1 saturated carbocycles. The number of fused-ring (bicyclic) bond motifs is 3. The summed E-state index contributed by atoms with van der Waals surface area (Å²) in [6.45, 7) is 32.4. The Balaban J connectivity index is 1.84. The zero-order valence-electron chi connectivity index (χ0n) is 54.8. The third-order valence-electron chi connectivity index (χ3n) is 19.2. The number of hydrogen-bond donors (Lipinski definition) is 3. The molecule has 4 aliphatic rings. The van der Waals surface area contributed by atoms with Crippen LogP contribution in [0.1, 0.15) is 172 Å². The Kier molecular flexibility index (Phi) is 28.1. The van der Waals surface area contributed by atoms with Crippen LogP contribution in [0, 0.1) is 29.6 Å². The molecular weight excluding hydrogens is 1110 g/mol. The second-order valence-corrected chi connectivity index (χ2v) is 37.5. The van der Waals surface area contributed by atoms with Gasteiger partial charge in [-0.05, 0) is 145 Å². The molecular formula is C63H110BN3O15Si2. The maximum absolute atomic E-state index is 15.4. The zero-order chi connectivity index (χ0) is 63.1. The molecule has 0 aromatic rings. The fraction of sp³-hybridized carbons (Fsp3) is 0.841. The minimum Gasteiger partial charge on any atom is -0.456 e. The van der Waals surface area contributed by atoms with Crippen molar-refractivity contribution in [1.82, 2.24) is 15.5 Å². The number of allylic oxidation sites excluding steroid dienone is 3. The fourth-order valence-electron chi connectivity index (χ4n) is 12.0. The van der Waals surface area contributed by atoms with Crippen LogP contribution in [-0.2, 0) is 56.5 Å². The van der Waals surface area contributed by atoms with Crippen molar-refractivity contribution in [3.63, 3.8) is 0 Å². The largest absolute Gasteiger partial charge is 0.456 e. The highest BCUT2D eigenvalue weighted by molar-refractivity contribution is 6.74. The smallest absolute Gasteiger partial charge is 0.407 e. The predicted octanol–water partition coefficient (Wildman–Crippen LogP) is 10.7. The molecule has 2 bridgehead atoms. The molecule has 0 spiro atoms. The standard InChI is InChI=1S/C63H110BN3O15Si2/c1-40-33-41(2)35-52(76-13)55-53(77-14)37-43(4)63(74,80-55)56(69)57(70)67-31-24-21-25-47(67)58(71)79-54(42(3)36-45-26-27-49(51(38-45)75-12)81-83(15,16)61(6,7)8)44(5)50(82-84(17,18)62(9,10)11)39-48(68)46(34-40)28-32-78-60(73)66-30-23-20-19-22-29-65-59(64)72/h34,36,41,43-47,49-55,74H,19-33,35,37-39H2,1-18H3,(H,65,72)(H,66,73)/b40-34+,42-36+/t41-,43+,44+,45-,46?,47-,49+,50+,51+,52-,53-,54+,55+,63+/m0/s1. The molecule has 4 rings (SSSR count). The Morgan fingerprint density at radius 1 is 0.786 bits per heavy atom. The van der Waals surface area contributed by atoms with E-state index in [0.717, 1.165) is 43.3 Å². The molecule has 1 aliphatic carbocycles. The Hall–Kier alpha value is -3.28. The number of methoxy groups -OCH3 is 3. The first-order valence-electron chi connectivity index (χ1n) is 31.3. The average molecular weight is 1220 g/mol. The van der Waals surface area contributed by atoms with Crippen LogP contribution >= 0.6 is 0 Å². The van der Waals surface area contributed by atoms with Crippen LogP contribution < -0.4 is 10.6 Å². The van der Waals surface area contributed by atoms with Crippen LogP contribution in [0.5, 0.6) is 0 Å². The van der Waals surface area contributed by atoms with Crippen molar-refractivity contribution >= 4 is 59.8 Å². The van der Waals surface area contributed by atoms with Gasteiger partial charge in [-0.2, -0.15) is 0 Å². The van der Waals surface area contributed by atoms with E-state index in [2.05, 4.69) is 84.4 Å². The van der Waals surface area contributed by atoms with Gasteiger partial charge in [0.1, 0.15) is 24.0 Å². The normalized spacial score (nSPS) is 32.3. The molecule has 18 nitrogen and oxygen atoms in total. The first kappa shape index (κ1) is 73.2. The summed E-state index contributed by atoms with van der Waals surface area (Å²) in [5.74, 6) is -8.41. The third-order valence-corrected chi connectivity index (χ3v) is 28.2. The van der Waals surface area contributed by atoms with Crippen LogP contribution in [-0.4, -0.2) is 172 Å². The van der Waals surface area contributed by atoms with Crippen LogP contribution in [0.15, 0.2) is 23.3 Å². The lowest BCUT2D eigenvalue weighted by atomic mass is 9.81. The van der Waals surface area contributed by atoms with E-state index in [4.69, 9.17) is 45.1 Å². The summed E-state index contributed by atoms with van der Waals surface area (Å²) in [7, 11) is 5.12. The van der Waals surface area contributed by atoms with Crippen LogP contribution in [0.3, 0.4) is 0 Å². The van der Waals surface area contributed by atoms with Crippen LogP contribution in [0.2, 0.25) is 36.3 Å². The van der Waals surface area contributed by atoms with Gasteiger partial charge in [-0.25, -0.2) is 9.59 Å². The summed E-state index contributed by atoms with van der Waals surface area (Å²) >= 11 is 0. The van der Waals surface area contributed by atoms with Crippen molar-refractivity contribution < 1.29 is 71.1 Å². The van der Waals surface area contributed by atoms with Gasteiger partial charge in [0, 0.05) is 65.1 Å². The second-order valence-electron chi connectivity index (χ2n) is 28.0. The number of hydrogen-bond acceptors (Lipinski definition) is 15. The SMILES string of the molecule is [B]C(=O)NCCCCCCNC(=O)OCCC1/C=C(\C)C[C@H](C)C[C@H](OC)[C@H]2O[C@@](O)(C(=O)C(=O)N3CCCC[C@H]3C(=O)O[C@H](/C(C)=C/[C@@H]3CC[C@@H](O[Si](C)(C)C(C)(C)C)[C@H](OC)C3)[C@H](C)[C@H](O[Si](C)(C)C(C)(C)C)CC1=O)[C@H](C)C[C@@H]2OC. The van der Waals surface area contributed by atoms with Crippen molar-refractivity contribution in [2.24, 2.45) is 29.6 Å². The highest BCUT2D eigenvalue weighted by Crippen LogP contribution is 2.44. The van der Waals surface area contributed by atoms with Gasteiger partial charge < -0.3 is 57.9 Å². The monoisotopic (exact) mass is 1220 g/mol. The molecule has 0 aromatic heterocycles. The highest BCUT2D eigenvalue weighted by Gasteiger charge is 2.57. The first-order valence-corrected chi connectivity index (χ1v) is 37.1. The number of Topliss-reactive ketones (excluding diaryl/α,β-unsaturated/α-hetero) is 2. The van der Waals surface area contributed by atoms with E-state index in [0.29, 0.717) is 51.6 Å². The van der Waals surface area contributed by atoms with Gasteiger partial charge in [-0.15, -0.1) is 0 Å². The van der Waals surface area contributed by atoms with Gasteiger partial charge in [0.05, 0.1) is 37.1 Å². The highest BCUT2D eigenvalue weighted by atomic mass is 28.4. The van der Waals surface area contributed by atoms with Crippen molar-refractivity contribution in [3.05, 3.63) is 23.3 Å². The minimum atomic E-state index is -2.70. The van der Waals surface area contributed by atoms with Crippen LogP contribution in [0.25, 0.3) is 0 Å². The molecule has 3 heterocycles. The number of aliphatic hydroxyl groups is 1. The summed E-state index contributed by atoms with van der Waals surface area (Å²) in [5, 5.41) is 17.5. The van der Waals surface area contributed by atoms with Crippen molar-refractivity contribution in [1.29, 1.82) is 0 Å². The average Bonchev–Trinajstić information content (AvgIpc) is 2.39. The van der Waals surface area contributed by atoms with Gasteiger partial charge in [0.15, 0.2) is 30.3 Å². The Morgan fingerprint density at radius 2 is 1.37 bits per heavy atom. The third kappa shape index (κ3) is 20.4. The van der Waals surface area contributed by atoms with E-state index in [1.165, 1.54) is 19.1 Å². The molecule has 2 radical (unpaired) electrons. The number of cyclic esters (lactones) is 1. The molecule has 84 heavy (non-hydrogen) atoms. The van der Waals surface area contributed by atoms with Gasteiger partial charge in [-0.1, -0.05) is 92.9 Å². The minimum absolute atomic E-state index is 0.00918. The molecule has 3 amide bonds. The number of nitrogens with one attached hydrogen (secondary N) is 2. The molecule has 21 heteroatoms. The number of unbranched alkanes of at least 4 members (excludes halogenated alkanes) is 3. The summed E-state index contributed by atoms with van der Waals surface area (Å²) < 4.78 is 51.4. The fourth-order valence-corrected chi connectivity index (χ4v) is 14.8. The second kappa shape index (κ2) is 32.3. The van der Waals surface area contributed by atoms with Gasteiger partial charge >= 0.3 is 12.1 Å². The summed E-state index contributed by atoms with van der Waals surface area (Å²) in [6.07, 6.45) is 7.26. The maximum atomic E-state index is 15.4. The number of carbonyl (C=O) groups is 6. The first-order chi connectivity index (χ1) is 39.1. The molecule has 3 fully saturated rings. The Bertz CT molecular complexity index is 2250. The molecule has 1 unspecified atom stereocenters. The molecule has 2 saturated heterocycles. The Morgan fingerprint density at radius 3 is 1.95 bits per heavy atom. The number of piperidine rings is 1. The van der Waals surface area contributed by atoms with E-state index in [1.54, 1.807) is 14.0 Å². The van der Waals surface area contributed by atoms with E-state index < -0.39 is 106 Å². The van der Waals surface area contributed by atoms with Gasteiger partial charge in [0.2, 0.25) is 5.79 Å². The number of amides is 3. The van der Waals surface area contributed by atoms with Crippen LogP contribution in [0.4, 0.5) is 9.59 Å². The Labute approximate surface area is 508 Å². The van der Waals surface area contributed by atoms with Gasteiger partial charge in [0.25, 0.3) is 11.7 Å². The topological polar surface area (TPSA) is 224 Å². The number of carbonyl (C=O) groups excluding carboxylic acids is 6. The van der Waals surface area contributed by atoms with Crippen molar-refractivity contribution in [2.45, 2.75) is 263 Å². The van der Waals surface area contributed by atoms with Crippen molar-refractivity contribution in [3.8, 4) is 0 Å². The van der Waals surface area contributed by atoms with E-state index >= 15 is 9.59 Å². The number of rotatable bonds is 19. The molecule has 0 aromatic carbocycles. The summed E-state index contributed by atoms with van der Waals surface area (Å²) in [5.41, 5.74) is 1.66. The number of esters is 1. The van der Waals surface area contributed by atoms with E-state index in [1.807, 2.05) is 33.8 Å². The molecule has 14 atom stereocenters. The summed E-state index contributed by atoms with van der Waals surface area (Å²) in [6, 6.07) is -1.17. The van der Waals surface area contributed by atoms with E-state index in [-0.39, 0.29) is 78.7 Å². The lowest BCUT2D eigenvalue weighted by Crippen LogP contribution is -2.64. The number of ketones is 2. The maximum Gasteiger partial charge on any atom is 0.407 e. The zero-order valence-corrected chi connectivity index (χ0v) is 56.8. The number of ether oxygens (including phenoxy) is 6. The molecule has 3 aliphatic heterocycles. The van der Waals surface area contributed by atoms with Gasteiger partial charge in [-0.3, -0.25) is 19.2 Å². The number of nitrogens with zero attached hydrogens (tertiary/aromatic N) is 1. The molecule has 478 valence electrons. The lowest BCUT2D eigenvalue weighted by molar-refractivity contribution is -0.302. The van der Waals surface area contributed by atoms with Crippen molar-refractivity contribution in [2.75, 3.05) is 47.6 Å². The number of alkyl carbamates (subject to hydrolysis) is 1.